The number of nitrogens with zero attached hydrogens (tertiary/aromatic N) is 2. The van der Waals surface area contributed by atoms with Crippen LogP contribution in [0.25, 0.3) is 0 Å². The van der Waals surface area contributed by atoms with Gasteiger partial charge in [-0.25, -0.2) is 4.39 Å². The molecule has 31 heavy (non-hydrogen) atoms. The van der Waals surface area contributed by atoms with Crippen LogP contribution in [0.3, 0.4) is 0 Å². The normalized spacial score (nSPS) is 19.0. The molecule has 0 radical (unpaired) electrons. The zero-order chi connectivity index (χ0) is 23.0. The molecule has 1 aromatic rings. The van der Waals surface area contributed by atoms with Crippen LogP contribution in [0, 0.1) is 0 Å². The van der Waals surface area contributed by atoms with Gasteiger partial charge in [-0.05, 0) is 66.9 Å². The van der Waals surface area contributed by atoms with E-state index in [1.54, 1.807) is 0 Å². The number of likely N-dealkylation sites (tertiary alicyclic amines) is 1. The van der Waals surface area contributed by atoms with Gasteiger partial charge in [-0.15, -0.1) is 0 Å². The lowest BCUT2D eigenvalue weighted by Crippen LogP contribution is -2.50. The molecule has 1 heterocycles. The first-order valence-electron chi connectivity index (χ1n) is 11.0. The molecule has 1 atom stereocenters. The van der Waals surface area contributed by atoms with Gasteiger partial charge in [0.1, 0.15) is 17.7 Å². The lowest BCUT2D eigenvalue weighted by atomic mass is 9.79. The number of allylic oxidation sites excluding steroid dienone is 3. The van der Waals surface area contributed by atoms with E-state index in [4.69, 9.17) is 4.74 Å². The Morgan fingerprint density at radius 1 is 1.23 bits per heavy atom. The van der Waals surface area contributed by atoms with Gasteiger partial charge in [0.25, 0.3) is 0 Å². The van der Waals surface area contributed by atoms with E-state index in [0.29, 0.717) is 0 Å². The minimum Gasteiger partial charge on any atom is -0.488 e. The van der Waals surface area contributed by atoms with Gasteiger partial charge in [0, 0.05) is 30.7 Å². The van der Waals surface area contributed by atoms with E-state index in [-0.39, 0.29) is 17.5 Å². The van der Waals surface area contributed by atoms with Gasteiger partial charge in [-0.3, -0.25) is 4.90 Å². The van der Waals surface area contributed by atoms with Crippen molar-refractivity contribution in [3.63, 3.8) is 0 Å². The molecule has 0 saturated carbocycles. The van der Waals surface area contributed by atoms with E-state index in [9.17, 15) is 4.39 Å². The Bertz CT molecular complexity index is 779. The van der Waals surface area contributed by atoms with Crippen LogP contribution in [0.1, 0.15) is 45.6 Å². The first-order valence-corrected chi connectivity index (χ1v) is 13.6. The molecule has 0 amide bonds. The highest BCUT2D eigenvalue weighted by Gasteiger charge is 2.38. The summed E-state index contributed by atoms with van der Waals surface area (Å²) >= 11 is -0.611. The number of nitrogens with one attached hydrogen (secondary N) is 1. The molecular weight excluding hydrogens is 504 g/mol. The smallest absolute Gasteiger partial charge is 0.132 e. The van der Waals surface area contributed by atoms with Gasteiger partial charge in [0.2, 0.25) is 0 Å². The molecule has 1 saturated heterocycles. The second kappa shape index (κ2) is 12.1. The summed E-state index contributed by atoms with van der Waals surface area (Å²) in [5.41, 5.74) is 2.59. The average molecular weight is 544 g/mol. The van der Waals surface area contributed by atoms with Crippen molar-refractivity contribution in [3.8, 4) is 0 Å². The van der Waals surface area contributed by atoms with Crippen LogP contribution in [-0.2, 0) is 10.3 Å². The zero-order valence-corrected chi connectivity index (χ0v) is 22.1. The van der Waals surface area contributed by atoms with Gasteiger partial charge in [-0.1, -0.05) is 55.6 Å². The van der Waals surface area contributed by atoms with Gasteiger partial charge < -0.3 is 15.0 Å². The topological polar surface area (TPSA) is 27.7 Å². The molecular formula is C25H39FIN3O. The highest BCUT2D eigenvalue weighted by molar-refractivity contribution is 14.2. The number of piperidine rings is 1. The molecule has 2 rings (SSSR count). The van der Waals surface area contributed by atoms with Gasteiger partial charge >= 0.3 is 0 Å². The number of ether oxygens (including phenoxy) is 1. The summed E-state index contributed by atoms with van der Waals surface area (Å²) in [5, 5.41) is 3.15. The summed E-state index contributed by atoms with van der Waals surface area (Å²) in [6.07, 6.45) is 2.60. The third-order valence-electron chi connectivity index (χ3n) is 6.47. The van der Waals surface area contributed by atoms with E-state index in [1.165, 1.54) is 12.5 Å². The highest BCUT2D eigenvalue weighted by atomic mass is 127. The van der Waals surface area contributed by atoms with Crippen molar-refractivity contribution in [2.24, 2.45) is 0 Å². The fourth-order valence-electron chi connectivity index (χ4n) is 4.39. The largest absolute Gasteiger partial charge is 0.488 e. The molecule has 4 nitrogen and oxygen atoms in total. The second-order valence-electron chi connectivity index (χ2n) is 8.43. The van der Waals surface area contributed by atoms with E-state index >= 15 is 0 Å². The monoisotopic (exact) mass is 543 g/mol. The Labute approximate surface area is 198 Å². The third-order valence-corrected chi connectivity index (χ3v) is 8.73. The Morgan fingerprint density at radius 2 is 1.84 bits per heavy atom. The van der Waals surface area contributed by atoms with Crippen molar-refractivity contribution in [2.45, 2.75) is 51.7 Å². The average Bonchev–Trinajstić information content (AvgIpc) is 2.77. The molecule has 0 aliphatic carbocycles. The van der Waals surface area contributed by atoms with Crippen LogP contribution in [0.2, 0.25) is 0 Å². The van der Waals surface area contributed by atoms with Crippen LogP contribution < -0.4 is 5.32 Å². The van der Waals surface area contributed by atoms with Crippen molar-refractivity contribution >= 4 is 25.2 Å². The zero-order valence-electron chi connectivity index (χ0n) is 20.0. The maximum Gasteiger partial charge on any atom is 0.132 e. The van der Waals surface area contributed by atoms with E-state index < -0.39 is 20.7 Å². The van der Waals surface area contributed by atoms with Crippen LogP contribution in [-0.4, -0.2) is 61.2 Å². The molecule has 1 aromatic carbocycles. The SMILES string of the molecule is C=I/C(=C(\C)F)C(CCNC)O/C(C)=C(/C)N1CCC(c2ccccc2)(N(C)C)CC1. The third kappa shape index (κ3) is 6.39. The van der Waals surface area contributed by atoms with Crippen LogP contribution in [0.4, 0.5) is 4.39 Å². The molecule has 1 aliphatic heterocycles. The molecule has 1 aliphatic rings. The number of benzene rings is 1. The Hall–Kier alpha value is -1.25. The van der Waals surface area contributed by atoms with Crippen molar-refractivity contribution in [1.82, 2.24) is 15.1 Å². The Balaban J connectivity index is 2.17. The van der Waals surface area contributed by atoms with Gasteiger partial charge in [0.05, 0.1) is 3.58 Å². The lowest BCUT2D eigenvalue weighted by molar-refractivity contribution is 0.0615. The molecule has 1 N–H and O–H groups in total. The summed E-state index contributed by atoms with van der Waals surface area (Å²) in [7, 11) is 6.27. The number of hydrogen-bond acceptors (Lipinski definition) is 4. The van der Waals surface area contributed by atoms with Crippen LogP contribution in [0.15, 0.2) is 51.2 Å². The van der Waals surface area contributed by atoms with Crippen LogP contribution in [0.5, 0.6) is 0 Å². The van der Waals surface area contributed by atoms with Crippen molar-refractivity contribution in [1.29, 1.82) is 0 Å². The maximum atomic E-state index is 14.1. The van der Waals surface area contributed by atoms with E-state index in [0.717, 1.165) is 53.9 Å². The minimum absolute atomic E-state index is 0.0572. The summed E-state index contributed by atoms with van der Waals surface area (Å²) in [4.78, 5) is 4.79. The second-order valence-corrected chi connectivity index (χ2v) is 10.4. The fourth-order valence-corrected chi connectivity index (χ4v) is 5.84. The van der Waals surface area contributed by atoms with Crippen molar-refractivity contribution < 1.29 is 9.13 Å². The predicted molar refractivity (Wildman–Crippen MR) is 139 cm³/mol. The van der Waals surface area contributed by atoms with Gasteiger partial charge in [0.15, 0.2) is 0 Å². The highest BCUT2D eigenvalue weighted by Crippen LogP contribution is 2.38. The molecule has 1 unspecified atom stereocenters. The van der Waals surface area contributed by atoms with E-state index in [2.05, 4.69) is 71.0 Å². The maximum absolute atomic E-state index is 14.1. The summed E-state index contributed by atoms with van der Waals surface area (Å²) < 4.78 is 25.2. The number of halogens is 2. The molecule has 174 valence electrons. The quantitative estimate of drug-likeness (QED) is 0.317. The minimum atomic E-state index is -0.611. The van der Waals surface area contributed by atoms with Crippen molar-refractivity contribution in [3.05, 3.63) is 56.8 Å². The summed E-state index contributed by atoms with van der Waals surface area (Å²) in [6, 6.07) is 10.8. The lowest BCUT2D eigenvalue weighted by Gasteiger charge is -2.47. The molecule has 0 spiro atoms. The van der Waals surface area contributed by atoms with Crippen LogP contribution >= 0.6 is 20.7 Å². The summed E-state index contributed by atoms with van der Waals surface area (Å²) in [5.74, 6) is 0.750. The fraction of sp³-hybridized carbons (Fsp3) is 0.560. The molecule has 0 aromatic heterocycles. The Morgan fingerprint density at radius 3 is 2.32 bits per heavy atom. The first-order chi connectivity index (χ1) is 14.8. The molecule has 0 bridgehead atoms. The number of rotatable bonds is 10. The number of hydrogen-bond donors (Lipinski definition) is 1. The molecule has 6 heteroatoms. The van der Waals surface area contributed by atoms with E-state index in [1.807, 2.05) is 14.0 Å². The molecule has 1 fully saturated rings. The summed E-state index contributed by atoms with van der Waals surface area (Å²) in [6.45, 7) is 8.38. The van der Waals surface area contributed by atoms with Gasteiger partial charge in [-0.2, -0.15) is 0 Å². The van der Waals surface area contributed by atoms with Crippen molar-refractivity contribution in [2.75, 3.05) is 40.8 Å². The Kier molecular flexibility index (Phi) is 10.2. The predicted octanol–water partition coefficient (Wildman–Crippen LogP) is 5.39. The first kappa shape index (κ1) is 26.0. The standard InChI is InChI=1S/C25H39FIN3O/c1-19(26)24(27-4)23(13-16-28-5)31-21(3)20(2)30-17-14-25(15-18-30,29(6)7)22-11-9-8-10-12-22/h8-12,23,28H,4,13-18H2,1-3,5-7H3/b21-20-,24-19+.